The van der Waals surface area contributed by atoms with Crippen molar-refractivity contribution in [2.24, 2.45) is 0 Å². The van der Waals surface area contributed by atoms with Crippen LogP contribution in [-0.2, 0) is 9.59 Å². The second kappa shape index (κ2) is 10.2. The van der Waals surface area contributed by atoms with Crippen molar-refractivity contribution in [1.82, 2.24) is 14.7 Å². The van der Waals surface area contributed by atoms with E-state index in [0.29, 0.717) is 0 Å². The fourth-order valence-electron chi connectivity index (χ4n) is 3.53. The highest BCUT2D eigenvalue weighted by atomic mass is 35.5. The standard InChI is InChI=1S/C17H33N3O3.ClH/c1-12(2)20(13(3)4)17(23)14(5)19-9-7-15(8-10-19)18(6)11-16(21)22;/h12-15H,7-11H2,1-6H3,(H,21,22);1H. The van der Waals surface area contributed by atoms with Crippen LogP contribution in [0.1, 0.15) is 47.5 Å². The van der Waals surface area contributed by atoms with Gasteiger partial charge in [-0.25, -0.2) is 0 Å². The summed E-state index contributed by atoms with van der Waals surface area (Å²) >= 11 is 0. The van der Waals surface area contributed by atoms with Crippen LogP contribution < -0.4 is 0 Å². The number of likely N-dealkylation sites (tertiary alicyclic amines) is 1. The Hall–Kier alpha value is -0.850. The Morgan fingerprint density at radius 3 is 1.92 bits per heavy atom. The van der Waals surface area contributed by atoms with E-state index in [-0.39, 0.29) is 49.0 Å². The number of carbonyl (C=O) groups excluding carboxylic acids is 1. The Balaban J connectivity index is 0.00000529. The van der Waals surface area contributed by atoms with Crippen molar-refractivity contribution in [1.29, 1.82) is 0 Å². The van der Waals surface area contributed by atoms with E-state index < -0.39 is 5.97 Å². The zero-order chi connectivity index (χ0) is 17.7. The fourth-order valence-corrected chi connectivity index (χ4v) is 3.53. The Morgan fingerprint density at radius 2 is 1.54 bits per heavy atom. The number of nitrogens with zero attached hydrogens (tertiary/aromatic N) is 3. The summed E-state index contributed by atoms with van der Waals surface area (Å²) in [6, 6.07) is 0.565. The monoisotopic (exact) mass is 363 g/mol. The van der Waals surface area contributed by atoms with Gasteiger partial charge in [0.25, 0.3) is 0 Å². The number of aliphatic carboxylic acids is 1. The van der Waals surface area contributed by atoms with Crippen LogP contribution in [0.2, 0.25) is 0 Å². The Kier molecular flexibility index (Phi) is 9.85. The number of hydrogen-bond donors (Lipinski definition) is 1. The number of likely N-dealkylation sites (N-methyl/N-ethyl adjacent to an activating group) is 1. The van der Waals surface area contributed by atoms with Crippen LogP contribution in [0.15, 0.2) is 0 Å². The average molecular weight is 364 g/mol. The van der Waals surface area contributed by atoms with Crippen molar-refractivity contribution in [3.63, 3.8) is 0 Å². The van der Waals surface area contributed by atoms with Crippen molar-refractivity contribution in [3.05, 3.63) is 0 Å². The first-order valence-corrected chi connectivity index (χ1v) is 8.63. The Bertz CT molecular complexity index is 402. The third kappa shape index (κ3) is 6.22. The van der Waals surface area contributed by atoms with Gasteiger partial charge in [-0.05, 0) is 54.5 Å². The van der Waals surface area contributed by atoms with Gasteiger partial charge in [0.15, 0.2) is 0 Å². The lowest BCUT2D eigenvalue weighted by atomic mass is 10.0. The van der Waals surface area contributed by atoms with Crippen LogP contribution in [0.25, 0.3) is 0 Å². The van der Waals surface area contributed by atoms with Crippen LogP contribution in [0.3, 0.4) is 0 Å². The highest BCUT2D eigenvalue weighted by Crippen LogP contribution is 2.19. The van der Waals surface area contributed by atoms with Gasteiger partial charge in [-0.15, -0.1) is 12.4 Å². The number of carbonyl (C=O) groups is 2. The maximum Gasteiger partial charge on any atom is 0.317 e. The van der Waals surface area contributed by atoms with Gasteiger partial charge in [-0.1, -0.05) is 0 Å². The molecular weight excluding hydrogens is 330 g/mol. The van der Waals surface area contributed by atoms with Gasteiger partial charge in [-0.2, -0.15) is 0 Å². The number of halogens is 1. The first-order chi connectivity index (χ1) is 10.6. The smallest absolute Gasteiger partial charge is 0.317 e. The van der Waals surface area contributed by atoms with Crippen molar-refractivity contribution in [2.45, 2.75) is 71.6 Å². The Labute approximate surface area is 152 Å². The van der Waals surface area contributed by atoms with Gasteiger partial charge >= 0.3 is 5.97 Å². The van der Waals surface area contributed by atoms with Crippen LogP contribution in [0, 0.1) is 0 Å². The molecule has 0 bridgehead atoms. The summed E-state index contributed by atoms with van der Waals surface area (Å²) in [6.07, 6.45) is 1.81. The molecule has 1 unspecified atom stereocenters. The number of carboxylic acids is 1. The van der Waals surface area contributed by atoms with Crippen LogP contribution >= 0.6 is 12.4 Å². The second-order valence-electron chi connectivity index (χ2n) is 7.18. The molecule has 1 saturated heterocycles. The Morgan fingerprint density at radius 1 is 1.08 bits per heavy atom. The number of piperidine rings is 1. The van der Waals surface area contributed by atoms with Gasteiger partial charge in [0.05, 0.1) is 12.6 Å². The van der Waals surface area contributed by atoms with Crippen LogP contribution in [0.5, 0.6) is 0 Å². The summed E-state index contributed by atoms with van der Waals surface area (Å²) < 4.78 is 0. The lowest BCUT2D eigenvalue weighted by Gasteiger charge is -2.41. The molecule has 0 aromatic rings. The first-order valence-electron chi connectivity index (χ1n) is 8.63. The molecule has 1 heterocycles. The van der Waals surface area contributed by atoms with Crippen molar-refractivity contribution in [3.8, 4) is 0 Å². The largest absolute Gasteiger partial charge is 0.480 e. The molecule has 0 aliphatic carbocycles. The summed E-state index contributed by atoms with van der Waals surface area (Å²) in [5.41, 5.74) is 0. The zero-order valence-corrected chi connectivity index (χ0v) is 16.7. The molecule has 24 heavy (non-hydrogen) atoms. The predicted molar refractivity (Wildman–Crippen MR) is 98.7 cm³/mol. The lowest BCUT2D eigenvalue weighted by molar-refractivity contribution is -0.140. The summed E-state index contributed by atoms with van der Waals surface area (Å²) in [6.45, 7) is 12.0. The van der Waals surface area contributed by atoms with Crippen molar-refractivity contribution >= 4 is 24.3 Å². The summed E-state index contributed by atoms with van der Waals surface area (Å²) in [5.74, 6) is -0.602. The molecule has 1 aliphatic heterocycles. The summed E-state index contributed by atoms with van der Waals surface area (Å²) in [7, 11) is 1.86. The van der Waals surface area contributed by atoms with Gasteiger partial charge in [-0.3, -0.25) is 19.4 Å². The molecule has 0 aromatic heterocycles. The van der Waals surface area contributed by atoms with E-state index in [1.807, 2.05) is 23.8 Å². The predicted octanol–water partition coefficient (Wildman–Crippen LogP) is 1.92. The number of carboxylic acid groups (broad SMARTS) is 1. The molecule has 1 rings (SSSR count). The van der Waals surface area contributed by atoms with E-state index in [0.717, 1.165) is 25.9 Å². The molecule has 0 aromatic carbocycles. The maximum absolute atomic E-state index is 12.8. The molecule has 142 valence electrons. The highest BCUT2D eigenvalue weighted by Gasteiger charge is 2.32. The topological polar surface area (TPSA) is 64.1 Å². The fraction of sp³-hybridized carbons (Fsp3) is 0.882. The van der Waals surface area contributed by atoms with Crippen LogP contribution in [0.4, 0.5) is 0 Å². The summed E-state index contributed by atoms with van der Waals surface area (Å²) in [4.78, 5) is 29.7. The lowest BCUT2D eigenvalue weighted by Crippen LogP contribution is -2.55. The molecule has 7 heteroatoms. The molecule has 1 fully saturated rings. The van der Waals surface area contributed by atoms with Gasteiger partial charge in [0.1, 0.15) is 0 Å². The SMILES string of the molecule is CC(C(=O)N(C(C)C)C(C)C)N1CCC(N(C)CC(=O)O)CC1.Cl. The number of rotatable bonds is 7. The second-order valence-corrected chi connectivity index (χ2v) is 7.18. The molecule has 0 spiro atoms. The average Bonchev–Trinajstić information content (AvgIpc) is 2.45. The molecule has 1 atom stereocenters. The van der Waals surface area contributed by atoms with Crippen molar-refractivity contribution in [2.75, 3.05) is 26.7 Å². The highest BCUT2D eigenvalue weighted by molar-refractivity contribution is 5.85. The van der Waals surface area contributed by atoms with Crippen LogP contribution in [-0.4, -0.2) is 82.5 Å². The minimum atomic E-state index is -0.789. The molecule has 1 aliphatic rings. The van der Waals surface area contributed by atoms with E-state index in [2.05, 4.69) is 32.6 Å². The molecule has 1 amide bonds. The van der Waals surface area contributed by atoms with E-state index in [4.69, 9.17) is 5.11 Å². The van der Waals surface area contributed by atoms with Crippen molar-refractivity contribution < 1.29 is 14.7 Å². The van der Waals surface area contributed by atoms with E-state index in [1.165, 1.54) is 0 Å². The first kappa shape index (κ1) is 23.1. The van der Waals surface area contributed by atoms with Gasteiger partial charge in [0.2, 0.25) is 5.91 Å². The van der Waals surface area contributed by atoms with E-state index in [9.17, 15) is 9.59 Å². The van der Waals surface area contributed by atoms with E-state index >= 15 is 0 Å². The van der Waals surface area contributed by atoms with Gasteiger partial charge in [0, 0.05) is 31.2 Å². The van der Waals surface area contributed by atoms with Gasteiger partial charge < -0.3 is 10.0 Å². The molecule has 0 radical (unpaired) electrons. The molecule has 6 nitrogen and oxygen atoms in total. The summed E-state index contributed by atoms with van der Waals surface area (Å²) in [5, 5.41) is 8.89. The third-order valence-corrected chi connectivity index (χ3v) is 4.78. The minimum Gasteiger partial charge on any atom is -0.480 e. The molecular formula is C17H34ClN3O3. The number of amides is 1. The maximum atomic E-state index is 12.8. The normalized spacial score (nSPS) is 17.9. The third-order valence-electron chi connectivity index (χ3n) is 4.78. The molecule has 0 saturated carbocycles. The van der Waals surface area contributed by atoms with E-state index in [1.54, 1.807) is 0 Å². The minimum absolute atomic E-state index is 0. The molecule has 1 N–H and O–H groups in total. The number of hydrogen-bond acceptors (Lipinski definition) is 4. The quantitative estimate of drug-likeness (QED) is 0.748. The zero-order valence-electron chi connectivity index (χ0n) is 15.9.